The smallest absolute Gasteiger partial charge is 0.328 e. The van der Waals surface area contributed by atoms with E-state index in [2.05, 4.69) is 21.0 Å². The van der Waals surface area contributed by atoms with Crippen LogP contribution in [0, 0.1) is 6.92 Å². The Bertz CT molecular complexity index is 1130. The minimum Gasteiger partial charge on any atom is -0.488 e. The first-order valence-electron chi connectivity index (χ1n) is 10.0. The lowest BCUT2D eigenvalue weighted by molar-refractivity contribution is -0.131. The molecule has 0 bridgehead atoms. The van der Waals surface area contributed by atoms with Gasteiger partial charge in [-0.05, 0) is 59.0 Å². The van der Waals surface area contributed by atoms with Gasteiger partial charge in [0.05, 0.1) is 15.7 Å². The first kappa shape index (κ1) is 21.2. The highest BCUT2D eigenvalue weighted by atomic mass is 79.9. The van der Waals surface area contributed by atoms with Gasteiger partial charge in [0, 0.05) is 25.1 Å². The molecule has 7 heteroatoms. The van der Waals surface area contributed by atoms with Crippen LogP contribution in [0.3, 0.4) is 0 Å². The molecule has 1 fully saturated rings. The number of nitrogens with zero attached hydrogens (tertiary/aromatic N) is 2. The summed E-state index contributed by atoms with van der Waals surface area (Å²) in [5.41, 5.74) is 3.58. The van der Waals surface area contributed by atoms with Crippen molar-refractivity contribution in [2.75, 3.05) is 0 Å². The van der Waals surface area contributed by atoms with Gasteiger partial charge in [-0.15, -0.1) is 0 Å². The molecular weight excluding hydrogens is 460 g/mol. The van der Waals surface area contributed by atoms with E-state index in [1.54, 1.807) is 17.8 Å². The molecule has 0 atom stereocenters. The van der Waals surface area contributed by atoms with Crippen molar-refractivity contribution >= 4 is 28.0 Å². The average Bonchev–Trinajstić information content (AvgIpc) is 3.53. The Morgan fingerprint density at radius 1 is 1.26 bits per heavy atom. The van der Waals surface area contributed by atoms with Crippen LogP contribution in [0.5, 0.6) is 17.4 Å². The topological polar surface area (TPSA) is 73.6 Å². The Hall–Kier alpha value is -3.06. The lowest BCUT2D eigenvalue weighted by Crippen LogP contribution is -2.00. The fraction of sp³-hybridized carbons (Fsp3) is 0.250. The summed E-state index contributed by atoms with van der Waals surface area (Å²) in [7, 11) is 1.81. The summed E-state index contributed by atoms with van der Waals surface area (Å²) >= 11 is 3.57. The van der Waals surface area contributed by atoms with Crippen LogP contribution in [-0.2, 0) is 18.4 Å². The normalized spacial score (nSPS) is 13.5. The van der Waals surface area contributed by atoms with Gasteiger partial charge in [-0.1, -0.05) is 30.3 Å². The number of aromatic nitrogens is 2. The van der Waals surface area contributed by atoms with Gasteiger partial charge >= 0.3 is 5.97 Å². The molecule has 0 saturated heterocycles. The van der Waals surface area contributed by atoms with E-state index in [0.717, 1.165) is 40.2 Å². The highest BCUT2D eigenvalue weighted by molar-refractivity contribution is 9.10. The summed E-state index contributed by atoms with van der Waals surface area (Å²) in [4.78, 5) is 11.1. The number of aliphatic carboxylic acids is 1. The Morgan fingerprint density at radius 2 is 2.00 bits per heavy atom. The van der Waals surface area contributed by atoms with E-state index in [0.29, 0.717) is 35.5 Å². The van der Waals surface area contributed by atoms with Crippen LogP contribution < -0.4 is 9.47 Å². The number of hydrogen-bond donors (Lipinski definition) is 1. The van der Waals surface area contributed by atoms with Gasteiger partial charge in [0.25, 0.3) is 0 Å². The number of ether oxygens (including phenoxy) is 2. The standard InChI is InChI=1S/C24H23BrN2O4/c1-15-12-19(25)21(30-14-16-6-4-3-5-7-16)13-20(15)31-24-18(10-11-22(28)29)23(17-8-9-17)26-27(24)2/h3-7,10-13,17H,8-9,14H2,1-2H3,(H,28,29)/b11-10+. The van der Waals surface area contributed by atoms with E-state index in [-0.39, 0.29) is 0 Å². The quantitative estimate of drug-likeness (QED) is 0.408. The Labute approximate surface area is 189 Å². The minimum absolute atomic E-state index is 0.354. The highest BCUT2D eigenvalue weighted by Crippen LogP contribution is 2.45. The minimum atomic E-state index is -1.01. The number of rotatable bonds is 8. The predicted octanol–water partition coefficient (Wildman–Crippen LogP) is 5.84. The summed E-state index contributed by atoms with van der Waals surface area (Å²) in [6.45, 7) is 2.39. The molecule has 31 heavy (non-hydrogen) atoms. The Morgan fingerprint density at radius 3 is 2.68 bits per heavy atom. The second kappa shape index (κ2) is 8.98. The molecule has 0 amide bonds. The maximum Gasteiger partial charge on any atom is 0.328 e. The second-order valence-corrected chi connectivity index (χ2v) is 8.45. The third kappa shape index (κ3) is 4.99. The molecule has 2 aromatic carbocycles. The van der Waals surface area contributed by atoms with Crippen molar-refractivity contribution < 1.29 is 19.4 Å². The summed E-state index contributed by atoms with van der Waals surface area (Å²) in [6.07, 6.45) is 4.80. The van der Waals surface area contributed by atoms with Crippen molar-refractivity contribution in [3.8, 4) is 17.4 Å². The zero-order chi connectivity index (χ0) is 22.0. The maximum atomic E-state index is 11.1. The van der Waals surface area contributed by atoms with Gasteiger partial charge < -0.3 is 14.6 Å². The van der Waals surface area contributed by atoms with E-state index >= 15 is 0 Å². The number of carboxylic acid groups (broad SMARTS) is 1. The van der Waals surface area contributed by atoms with Crippen molar-refractivity contribution in [1.29, 1.82) is 0 Å². The summed E-state index contributed by atoms with van der Waals surface area (Å²) in [5.74, 6) is 1.15. The molecule has 0 aliphatic heterocycles. The van der Waals surface area contributed by atoms with Crippen LogP contribution in [0.15, 0.2) is 53.0 Å². The van der Waals surface area contributed by atoms with Crippen molar-refractivity contribution in [2.24, 2.45) is 7.05 Å². The van der Waals surface area contributed by atoms with Gasteiger partial charge in [0.1, 0.15) is 18.1 Å². The molecule has 3 aromatic rings. The zero-order valence-corrected chi connectivity index (χ0v) is 18.9. The molecule has 160 valence electrons. The van der Waals surface area contributed by atoms with Crippen LogP contribution >= 0.6 is 15.9 Å². The molecule has 1 saturated carbocycles. The summed E-state index contributed by atoms with van der Waals surface area (Å²) in [6, 6.07) is 13.7. The first-order chi connectivity index (χ1) is 14.9. The molecule has 0 unspecified atom stereocenters. The molecule has 0 spiro atoms. The number of aryl methyl sites for hydroxylation is 2. The molecule has 1 heterocycles. The van der Waals surface area contributed by atoms with Gasteiger partial charge in [0.15, 0.2) is 0 Å². The SMILES string of the molecule is Cc1cc(Br)c(OCc2ccccc2)cc1Oc1c(/C=C/C(=O)O)c(C2CC2)nn1C. The van der Waals surface area contributed by atoms with Crippen molar-refractivity contribution in [2.45, 2.75) is 32.3 Å². The highest BCUT2D eigenvalue weighted by Gasteiger charge is 2.31. The van der Waals surface area contributed by atoms with Crippen molar-refractivity contribution in [3.05, 3.63) is 75.4 Å². The molecule has 6 nitrogen and oxygen atoms in total. The number of halogens is 1. The maximum absolute atomic E-state index is 11.1. The third-order valence-corrected chi connectivity index (χ3v) is 5.71. The molecule has 4 rings (SSSR count). The number of benzene rings is 2. The largest absolute Gasteiger partial charge is 0.488 e. The number of carboxylic acids is 1. The third-order valence-electron chi connectivity index (χ3n) is 5.09. The van der Waals surface area contributed by atoms with Crippen LogP contribution in [-0.4, -0.2) is 20.9 Å². The number of hydrogen-bond acceptors (Lipinski definition) is 4. The molecule has 1 N–H and O–H groups in total. The second-order valence-electron chi connectivity index (χ2n) is 7.60. The van der Waals surface area contributed by atoms with Crippen LogP contribution in [0.2, 0.25) is 0 Å². The van der Waals surface area contributed by atoms with Crippen LogP contribution in [0.25, 0.3) is 6.08 Å². The Balaban J connectivity index is 1.64. The first-order valence-corrected chi connectivity index (χ1v) is 10.8. The molecular formula is C24H23BrN2O4. The average molecular weight is 483 g/mol. The van der Waals surface area contributed by atoms with Crippen LogP contribution in [0.1, 0.15) is 41.1 Å². The van der Waals surface area contributed by atoms with Gasteiger partial charge in [-0.25, -0.2) is 9.48 Å². The summed E-state index contributed by atoms with van der Waals surface area (Å²) in [5, 5.41) is 13.7. The predicted molar refractivity (Wildman–Crippen MR) is 122 cm³/mol. The molecule has 1 aliphatic carbocycles. The van der Waals surface area contributed by atoms with E-state index < -0.39 is 5.97 Å². The van der Waals surface area contributed by atoms with Crippen molar-refractivity contribution in [3.63, 3.8) is 0 Å². The zero-order valence-electron chi connectivity index (χ0n) is 17.3. The van der Waals surface area contributed by atoms with Gasteiger partial charge in [0.2, 0.25) is 5.88 Å². The van der Waals surface area contributed by atoms with Gasteiger partial charge in [-0.3, -0.25) is 0 Å². The summed E-state index contributed by atoms with van der Waals surface area (Å²) < 4.78 is 14.8. The van der Waals surface area contributed by atoms with Crippen molar-refractivity contribution in [1.82, 2.24) is 9.78 Å². The van der Waals surface area contributed by atoms with E-state index in [4.69, 9.17) is 14.6 Å². The fourth-order valence-electron chi connectivity index (χ4n) is 3.33. The van der Waals surface area contributed by atoms with Gasteiger partial charge in [-0.2, -0.15) is 5.10 Å². The fourth-order valence-corrected chi connectivity index (χ4v) is 3.90. The monoisotopic (exact) mass is 482 g/mol. The molecule has 1 aliphatic rings. The number of carbonyl (C=O) groups is 1. The lowest BCUT2D eigenvalue weighted by Gasteiger charge is -2.14. The Kier molecular flexibility index (Phi) is 6.13. The molecule has 1 aromatic heterocycles. The van der Waals surface area contributed by atoms with Crippen LogP contribution in [0.4, 0.5) is 0 Å². The van der Waals surface area contributed by atoms with E-state index in [9.17, 15) is 4.79 Å². The van der Waals surface area contributed by atoms with E-state index in [1.807, 2.05) is 49.4 Å². The molecule has 0 radical (unpaired) electrons. The lowest BCUT2D eigenvalue weighted by atomic mass is 10.1. The van der Waals surface area contributed by atoms with E-state index in [1.165, 1.54) is 0 Å².